The lowest BCUT2D eigenvalue weighted by atomic mass is 9.63. The molecule has 3 fully saturated rings. The summed E-state index contributed by atoms with van der Waals surface area (Å²) in [5.41, 5.74) is 0.692. The first-order valence-electron chi connectivity index (χ1n) is 8.99. The fourth-order valence-corrected chi connectivity index (χ4v) is 5.31. The summed E-state index contributed by atoms with van der Waals surface area (Å²) in [5, 5.41) is 0.515. The van der Waals surface area contributed by atoms with Gasteiger partial charge in [-0.25, -0.2) is 0 Å². The molecule has 5 aliphatic rings. The highest BCUT2D eigenvalue weighted by Gasteiger charge is 2.67. The van der Waals surface area contributed by atoms with Crippen molar-refractivity contribution in [3.63, 3.8) is 0 Å². The molecule has 0 aromatic heterocycles. The molecule has 6 rings (SSSR count). The van der Waals surface area contributed by atoms with Crippen LogP contribution in [0.4, 0.5) is 0 Å². The van der Waals surface area contributed by atoms with Crippen molar-refractivity contribution in [3.05, 3.63) is 47.0 Å². The highest BCUT2D eigenvalue weighted by Crippen LogP contribution is 2.65. The van der Waals surface area contributed by atoms with Crippen LogP contribution in [0, 0.1) is 35.5 Å². The number of hydrogen-bond donors (Lipinski definition) is 0. The minimum Gasteiger partial charge on any atom is -0.459 e. The average molecular weight is 372 g/mol. The number of amides is 2. The van der Waals surface area contributed by atoms with Gasteiger partial charge in [0.25, 0.3) is 0 Å². The summed E-state index contributed by atoms with van der Waals surface area (Å²) in [6, 6.07) is 7.09. The van der Waals surface area contributed by atoms with Gasteiger partial charge in [0.15, 0.2) is 0 Å². The predicted molar refractivity (Wildman–Crippen MR) is 92.7 cm³/mol. The van der Waals surface area contributed by atoms with Crippen LogP contribution >= 0.6 is 11.6 Å². The Labute approximate surface area is 155 Å². The summed E-state index contributed by atoms with van der Waals surface area (Å²) >= 11 is 6.05. The van der Waals surface area contributed by atoms with E-state index in [-0.39, 0.29) is 48.6 Å². The summed E-state index contributed by atoms with van der Waals surface area (Å²) in [6.45, 7) is -0.289. The predicted octanol–water partition coefficient (Wildman–Crippen LogP) is 2.44. The van der Waals surface area contributed by atoms with Crippen LogP contribution in [0.5, 0.6) is 0 Å². The van der Waals surface area contributed by atoms with Crippen LogP contribution < -0.4 is 0 Å². The Morgan fingerprint density at radius 2 is 1.69 bits per heavy atom. The van der Waals surface area contributed by atoms with Gasteiger partial charge in [-0.1, -0.05) is 42.0 Å². The smallest absolute Gasteiger partial charge is 0.326 e. The zero-order chi connectivity index (χ0) is 18.0. The number of hydrogen-bond acceptors (Lipinski definition) is 4. The lowest BCUT2D eigenvalue weighted by Crippen LogP contribution is -2.40. The third-order valence-electron chi connectivity index (χ3n) is 6.39. The third-order valence-corrected chi connectivity index (χ3v) is 6.76. The van der Waals surface area contributed by atoms with E-state index in [4.69, 9.17) is 16.3 Å². The molecule has 2 bridgehead atoms. The second-order valence-corrected chi connectivity index (χ2v) is 8.08. The fraction of sp³-hybridized carbons (Fsp3) is 0.450. The lowest BCUT2D eigenvalue weighted by molar-refractivity contribution is -0.154. The van der Waals surface area contributed by atoms with Gasteiger partial charge in [0, 0.05) is 10.6 Å². The number of carbonyl (C=O) groups excluding carboxylic acids is 3. The van der Waals surface area contributed by atoms with Crippen molar-refractivity contribution in [2.75, 3.05) is 6.54 Å². The topological polar surface area (TPSA) is 63.7 Å². The molecule has 1 aliphatic heterocycles. The summed E-state index contributed by atoms with van der Waals surface area (Å²) < 4.78 is 5.23. The monoisotopic (exact) mass is 371 g/mol. The molecular formula is C20H18ClNO4. The van der Waals surface area contributed by atoms with E-state index < -0.39 is 5.97 Å². The molecule has 0 spiro atoms. The summed E-state index contributed by atoms with van der Waals surface area (Å²) in [6.07, 6.45) is 5.35. The number of halogens is 1. The number of nitrogens with zero attached hydrogens (tertiary/aromatic N) is 1. The Bertz CT molecular complexity index is 814. The number of carbonyl (C=O) groups is 3. The Morgan fingerprint density at radius 3 is 2.31 bits per heavy atom. The number of allylic oxidation sites excluding steroid dienone is 2. The first-order valence-corrected chi connectivity index (χ1v) is 9.36. The van der Waals surface area contributed by atoms with Crippen molar-refractivity contribution in [1.82, 2.24) is 4.90 Å². The maximum Gasteiger partial charge on any atom is 0.326 e. The number of likely N-dealkylation sites (tertiary alicyclic amines) is 1. The van der Waals surface area contributed by atoms with E-state index in [9.17, 15) is 14.4 Å². The average Bonchev–Trinajstić information content (AvgIpc) is 3.42. The molecule has 1 saturated heterocycles. The zero-order valence-corrected chi connectivity index (χ0v) is 14.8. The van der Waals surface area contributed by atoms with Crippen LogP contribution in [0.3, 0.4) is 0 Å². The number of rotatable bonds is 4. The van der Waals surface area contributed by atoms with Gasteiger partial charge in [0.2, 0.25) is 11.8 Å². The molecule has 1 aromatic rings. The molecule has 2 saturated carbocycles. The SMILES string of the molecule is O=C(CN1C(=O)[C@@H]2[C@H]3C=C[C@@H]([C@@H]4C[C@@H]34)[C@H]2C1=O)OCc1ccccc1Cl. The van der Waals surface area contributed by atoms with Crippen LogP contribution in [0.2, 0.25) is 5.02 Å². The van der Waals surface area contributed by atoms with Crippen LogP contribution in [0.1, 0.15) is 12.0 Å². The third kappa shape index (κ3) is 2.26. The van der Waals surface area contributed by atoms with E-state index in [1.807, 2.05) is 0 Å². The molecule has 0 unspecified atom stereocenters. The first kappa shape index (κ1) is 16.1. The molecule has 2 amide bonds. The van der Waals surface area contributed by atoms with E-state index in [0.717, 1.165) is 11.3 Å². The van der Waals surface area contributed by atoms with Gasteiger partial charge in [-0.05, 0) is 36.2 Å². The van der Waals surface area contributed by atoms with Gasteiger partial charge in [-0.3, -0.25) is 19.3 Å². The number of imide groups is 1. The zero-order valence-electron chi connectivity index (χ0n) is 14.0. The maximum atomic E-state index is 12.8. The lowest BCUT2D eigenvalue weighted by Gasteiger charge is -2.37. The largest absolute Gasteiger partial charge is 0.459 e. The van der Waals surface area contributed by atoms with E-state index in [1.54, 1.807) is 24.3 Å². The van der Waals surface area contributed by atoms with Crippen molar-refractivity contribution < 1.29 is 19.1 Å². The quantitative estimate of drug-likeness (QED) is 0.463. The summed E-state index contributed by atoms with van der Waals surface area (Å²) in [7, 11) is 0. The molecule has 6 heteroatoms. The van der Waals surface area contributed by atoms with Gasteiger partial charge < -0.3 is 4.74 Å². The van der Waals surface area contributed by atoms with Crippen molar-refractivity contribution in [2.45, 2.75) is 13.0 Å². The van der Waals surface area contributed by atoms with E-state index in [2.05, 4.69) is 12.2 Å². The van der Waals surface area contributed by atoms with Gasteiger partial charge in [-0.15, -0.1) is 0 Å². The molecule has 5 nitrogen and oxygen atoms in total. The number of esters is 1. The van der Waals surface area contributed by atoms with Crippen molar-refractivity contribution in [2.24, 2.45) is 35.5 Å². The maximum absolute atomic E-state index is 12.8. The van der Waals surface area contributed by atoms with Gasteiger partial charge >= 0.3 is 5.97 Å². The standard InChI is InChI=1S/C20H18ClNO4/c21-15-4-2-1-3-10(15)9-26-16(23)8-22-19(24)17-11-5-6-12(14-7-13(11)14)18(17)20(22)25/h1-6,11-14,17-18H,7-9H2/t11-,12-,13-,14-,17+,18+/m0/s1. The second-order valence-electron chi connectivity index (χ2n) is 7.67. The minimum absolute atomic E-state index is 0.0263. The second kappa shape index (κ2) is 5.68. The van der Waals surface area contributed by atoms with Gasteiger partial charge in [0.1, 0.15) is 13.2 Å². The molecule has 1 aromatic carbocycles. The normalized spacial score (nSPS) is 36.1. The Hall–Kier alpha value is -2.14. The Morgan fingerprint density at radius 1 is 1.08 bits per heavy atom. The minimum atomic E-state index is -0.587. The molecule has 0 radical (unpaired) electrons. The van der Waals surface area contributed by atoms with E-state index in [1.165, 1.54) is 0 Å². The summed E-state index contributed by atoms with van der Waals surface area (Å²) in [5.74, 6) is -0.138. The van der Waals surface area contributed by atoms with Crippen molar-refractivity contribution in [3.8, 4) is 0 Å². The molecule has 26 heavy (non-hydrogen) atoms. The van der Waals surface area contributed by atoms with E-state index in [0.29, 0.717) is 22.4 Å². The highest BCUT2D eigenvalue weighted by atomic mass is 35.5. The molecule has 6 atom stereocenters. The Kier molecular flexibility index (Phi) is 3.51. The van der Waals surface area contributed by atoms with Crippen LogP contribution in [0.25, 0.3) is 0 Å². The van der Waals surface area contributed by atoms with Crippen LogP contribution in [-0.4, -0.2) is 29.2 Å². The Balaban J connectivity index is 1.27. The highest BCUT2D eigenvalue weighted by molar-refractivity contribution is 6.31. The van der Waals surface area contributed by atoms with Gasteiger partial charge in [0.05, 0.1) is 11.8 Å². The van der Waals surface area contributed by atoms with Crippen molar-refractivity contribution >= 4 is 29.4 Å². The van der Waals surface area contributed by atoms with Crippen molar-refractivity contribution in [1.29, 1.82) is 0 Å². The molecule has 4 aliphatic carbocycles. The molecular weight excluding hydrogens is 354 g/mol. The summed E-state index contributed by atoms with van der Waals surface area (Å²) in [4.78, 5) is 38.9. The van der Waals surface area contributed by atoms with E-state index >= 15 is 0 Å². The molecule has 0 N–H and O–H groups in total. The molecule has 134 valence electrons. The number of ether oxygens (including phenoxy) is 1. The van der Waals surface area contributed by atoms with Crippen LogP contribution in [0.15, 0.2) is 36.4 Å². The fourth-order valence-electron chi connectivity index (χ4n) is 5.12. The first-order chi connectivity index (χ1) is 12.6. The molecule has 1 heterocycles. The van der Waals surface area contributed by atoms with Crippen LogP contribution in [-0.2, 0) is 25.7 Å². The number of benzene rings is 1. The van der Waals surface area contributed by atoms with Gasteiger partial charge in [-0.2, -0.15) is 0 Å².